The number of amides is 1. The Morgan fingerprint density at radius 2 is 1.96 bits per heavy atom. The fourth-order valence-corrected chi connectivity index (χ4v) is 3.73. The van der Waals surface area contributed by atoms with Crippen molar-refractivity contribution in [3.63, 3.8) is 0 Å². The normalized spacial score (nSPS) is 23.1. The van der Waals surface area contributed by atoms with Crippen molar-refractivity contribution in [2.75, 3.05) is 46.8 Å². The van der Waals surface area contributed by atoms with Gasteiger partial charge in [0.15, 0.2) is 0 Å². The minimum Gasteiger partial charge on any atom is -0.341 e. The highest BCUT2D eigenvalue weighted by atomic mass is 16.2. The zero-order valence-electron chi connectivity index (χ0n) is 14.2. The first kappa shape index (κ1) is 16.3. The number of aryl methyl sites for hydroxylation is 1. The van der Waals surface area contributed by atoms with E-state index < -0.39 is 0 Å². The first-order valence-corrected chi connectivity index (χ1v) is 8.47. The highest BCUT2D eigenvalue weighted by Crippen LogP contribution is 2.31. The van der Waals surface area contributed by atoms with Crippen LogP contribution in [-0.2, 0) is 11.3 Å². The molecule has 0 aromatic carbocycles. The van der Waals surface area contributed by atoms with Crippen molar-refractivity contribution in [3.8, 4) is 0 Å². The van der Waals surface area contributed by atoms with Crippen molar-refractivity contribution >= 4 is 5.91 Å². The molecular weight excluding hydrogens is 294 g/mol. The molecule has 0 aliphatic carbocycles. The third-order valence-electron chi connectivity index (χ3n) is 5.43. The van der Waals surface area contributed by atoms with Crippen LogP contribution in [-0.4, -0.2) is 93.2 Å². The molecule has 0 unspecified atom stereocenters. The first-order chi connectivity index (χ1) is 11.1. The molecule has 23 heavy (non-hydrogen) atoms. The first-order valence-electron chi connectivity index (χ1n) is 8.47. The highest BCUT2D eigenvalue weighted by Gasteiger charge is 2.41. The lowest BCUT2D eigenvalue weighted by atomic mass is 9.85. The Kier molecular flexibility index (Phi) is 4.91. The number of aromatic nitrogens is 4. The molecule has 0 radical (unpaired) electrons. The number of likely N-dealkylation sites (N-methyl/N-ethyl adjacent to an activating group) is 1. The summed E-state index contributed by atoms with van der Waals surface area (Å²) in [7, 11) is 4.40. The average Bonchev–Trinajstić information content (AvgIpc) is 3.01. The fraction of sp³-hybridized carbons (Fsp3) is 0.867. The minimum atomic E-state index is 0.146. The Morgan fingerprint density at radius 3 is 2.65 bits per heavy atom. The molecule has 3 heterocycles. The standard InChI is InChI=1S/C15H27N7O/c1-19-10-5-15(6-11-19)12-21(8-3-7-20(15)2)14(23)4-9-22-13-16-17-18-22/h13H,3-12H2,1-2H3. The van der Waals surface area contributed by atoms with E-state index in [-0.39, 0.29) is 11.4 Å². The molecule has 2 saturated heterocycles. The van der Waals surface area contributed by atoms with Crippen LogP contribution in [0.1, 0.15) is 25.7 Å². The van der Waals surface area contributed by atoms with Crippen LogP contribution in [0.5, 0.6) is 0 Å². The predicted octanol–water partition coefficient (Wildman–Crippen LogP) is -0.308. The van der Waals surface area contributed by atoms with Crippen molar-refractivity contribution in [1.29, 1.82) is 0 Å². The van der Waals surface area contributed by atoms with Crippen LogP contribution in [0.15, 0.2) is 6.33 Å². The maximum atomic E-state index is 12.7. The Labute approximate surface area is 137 Å². The number of rotatable bonds is 3. The van der Waals surface area contributed by atoms with Gasteiger partial charge in [-0.3, -0.25) is 9.69 Å². The summed E-state index contributed by atoms with van der Waals surface area (Å²) in [5, 5.41) is 11.0. The van der Waals surface area contributed by atoms with E-state index in [1.165, 1.54) is 0 Å². The molecule has 2 fully saturated rings. The van der Waals surface area contributed by atoms with Crippen LogP contribution in [0, 0.1) is 0 Å². The van der Waals surface area contributed by atoms with E-state index in [9.17, 15) is 4.79 Å². The molecule has 0 atom stereocenters. The van der Waals surface area contributed by atoms with E-state index in [2.05, 4.69) is 44.3 Å². The highest BCUT2D eigenvalue weighted by molar-refractivity contribution is 5.76. The van der Waals surface area contributed by atoms with Gasteiger partial charge in [-0.05, 0) is 56.9 Å². The Morgan fingerprint density at radius 1 is 1.17 bits per heavy atom. The van der Waals surface area contributed by atoms with Gasteiger partial charge in [-0.15, -0.1) is 5.10 Å². The molecule has 8 nitrogen and oxygen atoms in total. The second-order valence-electron chi connectivity index (χ2n) is 6.94. The number of tetrazole rings is 1. The van der Waals surface area contributed by atoms with Crippen LogP contribution in [0.3, 0.4) is 0 Å². The second-order valence-corrected chi connectivity index (χ2v) is 6.94. The molecule has 3 rings (SSSR count). The van der Waals surface area contributed by atoms with Gasteiger partial charge >= 0.3 is 0 Å². The van der Waals surface area contributed by atoms with Crippen molar-refractivity contribution in [2.45, 2.75) is 37.8 Å². The van der Waals surface area contributed by atoms with Gasteiger partial charge in [0.2, 0.25) is 5.91 Å². The lowest BCUT2D eigenvalue weighted by Gasteiger charge is -2.47. The van der Waals surface area contributed by atoms with Crippen molar-refractivity contribution < 1.29 is 4.79 Å². The summed E-state index contributed by atoms with van der Waals surface area (Å²) < 4.78 is 1.62. The second kappa shape index (κ2) is 6.92. The van der Waals surface area contributed by atoms with Gasteiger partial charge in [0.1, 0.15) is 6.33 Å². The number of nitrogens with zero attached hydrogens (tertiary/aromatic N) is 7. The number of hydrogen-bond donors (Lipinski definition) is 0. The van der Waals surface area contributed by atoms with Gasteiger partial charge in [-0.25, -0.2) is 4.68 Å². The molecule has 8 heteroatoms. The summed E-state index contributed by atoms with van der Waals surface area (Å²) in [5.41, 5.74) is 0.146. The lowest BCUT2D eigenvalue weighted by Crippen LogP contribution is -2.58. The van der Waals surface area contributed by atoms with E-state index in [1.54, 1.807) is 11.0 Å². The van der Waals surface area contributed by atoms with Crippen LogP contribution < -0.4 is 0 Å². The van der Waals surface area contributed by atoms with Gasteiger partial charge in [0.25, 0.3) is 0 Å². The number of carbonyl (C=O) groups excluding carboxylic acids is 1. The van der Waals surface area contributed by atoms with Crippen molar-refractivity contribution in [3.05, 3.63) is 6.33 Å². The van der Waals surface area contributed by atoms with Crippen LogP contribution in [0.4, 0.5) is 0 Å². The van der Waals surface area contributed by atoms with E-state index >= 15 is 0 Å². The molecular formula is C15H27N7O. The minimum absolute atomic E-state index is 0.146. The number of piperidine rings is 1. The summed E-state index contributed by atoms with van der Waals surface area (Å²) in [6.07, 6.45) is 5.34. The molecule has 1 aromatic heterocycles. The molecule has 1 spiro atoms. The van der Waals surface area contributed by atoms with E-state index in [0.29, 0.717) is 13.0 Å². The molecule has 128 valence electrons. The monoisotopic (exact) mass is 321 g/mol. The molecule has 0 bridgehead atoms. The molecule has 0 N–H and O–H groups in total. The molecule has 2 aliphatic heterocycles. The number of likely N-dealkylation sites (tertiary alicyclic amines) is 1. The third-order valence-corrected chi connectivity index (χ3v) is 5.43. The predicted molar refractivity (Wildman–Crippen MR) is 85.7 cm³/mol. The van der Waals surface area contributed by atoms with Crippen LogP contribution in [0.25, 0.3) is 0 Å². The zero-order valence-corrected chi connectivity index (χ0v) is 14.2. The van der Waals surface area contributed by atoms with E-state index in [1.807, 2.05) is 0 Å². The van der Waals surface area contributed by atoms with Gasteiger partial charge < -0.3 is 9.80 Å². The number of hydrogen-bond acceptors (Lipinski definition) is 6. The summed E-state index contributed by atoms with van der Waals surface area (Å²) in [6, 6.07) is 0. The van der Waals surface area contributed by atoms with Gasteiger partial charge in [-0.2, -0.15) is 0 Å². The van der Waals surface area contributed by atoms with Crippen molar-refractivity contribution in [2.24, 2.45) is 0 Å². The third kappa shape index (κ3) is 3.69. The smallest absolute Gasteiger partial charge is 0.224 e. The fourth-order valence-electron chi connectivity index (χ4n) is 3.73. The summed E-state index contributed by atoms with van der Waals surface area (Å²) >= 11 is 0. The molecule has 1 amide bonds. The topological polar surface area (TPSA) is 70.4 Å². The number of carbonyl (C=O) groups is 1. The van der Waals surface area contributed by atoms with Gasteiger partial charge in [0, 0.05) is 31.6 Å². The molecule has 1 aromatic rings. The summed E-state index contributed by atoms with van der Waals surface area (Å²) in [4.78, 5) is 19.6. The SMILES string of the molecule is CN1CCC2(CC1)CN(C(=O)CCn1cnnn1)CCCN2C. The van der Waals surface area contributed by atoms with E-state index in [4.69, 9.17) is 0 Å². The summed E-state index contributed by atoms with van der Waals surface area (Å²) in [6.45, 7) is 5.55. The Hall–Kier alpha value is -1.54. The van der Waals surface area contributed by atoms with Crippen LogP contribution in [0.2, 0.25) is 0 Å². The maximum absolute atomic E-state index is 12.7. The lowest BCUT2D eigenvalue weighted by molar-refractivity contribution is -0.133. The Bertz CT molecular complexity index is 510. The van der Waals surface area contributed by atoms with Gasteiger partial charge in [0.05, 0.1) is 6.54 Å². The van der Waals surface area contributed by atoms with Gasteiger partial charge in [-0.1, -0.05) is 0 Å². The quantitative estimate of drug-likeness (QED) is 0.761. The maximum Gasteiger partial charge on any atom is 0.224 e. The average molecular weight is 321 g/mol. The Balaban J connectivity index is 1.63. The largest absolute Gasteiger partial charge is 0.341 e. The zero-order chi connectivity index (χ0) is 16.3. The van der Waals surface area contributed by atoms with Crippen molar-refractivity contribution in [1.82, 2.24) is 34.9 Å². The van der Waals surface area contributed by atoms with E-state index in [0.717, 1.165) is 52.0 Å². The molecule has 2 aliphatic rings. The summed E-state index contributed by atoms with van der Waals surface area (Å²) in [5.74, 6) is 0.217. The molecule has 0 saturated carbocycles. The van der Waals surface area contributed by atoms with Crippen LogP contribution >= 0.6 is 0 Å².